The first-order chi connectivity index (χ1) is 7.48. The molecule has 1 atom stereocenters. The van der Waals surface area contributed by atoms with Gasteiger partial charge in [0, 0.05) is 18.7 Å². The Hall–Kier alpha value is -0.570. The monoisotopic (exact) mass is 226 g/mol. The zero-order valence-corrected chi connectivity index (χ0v) is 11.4. The Morgan fingerprint density at radius 1 is 1.44 bits per heavy atom. The Morgan fingerprint density at radius 3 is 2.69 bits per heavy atom. The van der Waals surface area contributed by atoms with Crippen LogP contribution in [0.1, 0.15) is 60.3 Å². The first-order valence-electron chi connectivity index (χ1n) is 6.47. The van der Waals surface area contributed by atoms with Gasteiger partial charge in [-0.3, -0.25) is 5.01 Å². The van der Waals surface area contributed by atoms with E-state index in [0.717, 1.165) is 19.4 Å². The van der Waals surface area contributed by atoms with Crippen LogP contribution in [-0.4, -0.2) is 29.1 Å². The Kier molecular flexibility index (Phi) is 4.78. The summed E-state index contributed by atoms with van der Waals surface area (Å²) in [6.45, 7) is 11.8. The van der Waals surface area contributed by atoms with E-state index in [9.17, 15) is 0 Å². The highest BCUT2D eigenvalue weighted by molar-refractivity contribution is 5.82. The van der Waals surface area contributed by atoms with Crippen molar-refractivity contribution in [2.24, 2.45) is 5.10 Å². The molecule has 16 heavy (non-hydrogen) atoms. The predicted octanol–water partition coefficient (Wildman–Crippen LogP) is 3.40. The quantitative estimate of drug-likeness (QED) is 0.734. The lowest BCUT2D eigenvalue weighted by Gasteiger charge is -2.32. The average Bonchev–Trinajstić information content (AvgIpc) is 2.30. The van der Waals surface area contributed by atoms with Crippen molar-refractivity contribution in [3.05, 3.63) is 0 Å². The summed E-state index contributed by atoms with van der Waals surface area (Å²) in [4.78, 5) is 0. The summed E-state index contributed by atoms with van der Waals surface area (Å²) in [6, 6.07) is 0. The molecule has 1 unspecified atom stereocenters. The SMILES string of the molecule is CCCCN1N=C(C)CC(C)(C)OC1CC. The average molecular weight is 226 g/mol. The second-order valence-corrected chi connectivity index (χ2v) is 5.27. The van der Waals surface area contributed by atoms with Crippen LogP contribution in [0, 0.1) is 0 Å². The zero-order chi connectivity index (χ0) is 12.2. The van der Waals surface area contributed by atoms with Crippen molar-refractivity contribution in [3.63, 3.8) is 0 Å². The van der Waals surface area contributed by atoms with E-state index in [1.54, 1.807) is 0 Å². The lowest BCUT2D eigenvalue weighted by Crippen LogP contribution is -2.38. The highest BCUT2D eigenvalue weighted by Crippen LogP contribution is 2.25. The van der Waals surface area contributed by atoms with Crippen LogP contribution in [0.4, 0.5) is 0 Å². The normalized spacial score (nSPS) is 25.2. The fourth-order valence-electron chi connectivity index (χ4n) is 2.21. The van der Waals surface area contributed by atoms with E-state index in [1.807, 2.05) is 0 Å². The van der Waals surface area contributed by atoms with Gasteiger partial charge in [-0.2, -0.15) is 5.10 Å². The molecule has 0 saturated heterocycles. The summed E-state index contributed by atoms with van der Waals surface area (Å²) in [6.07, 6.45) is 4.43. The van der Waals surface area contributed by atoms with Crippen molar-refractivity contribution in [1.82, 2.24) is 5.01 Å². The van der Waals surface area contributed by atoms with Crippen molar-refractivity contribution < 1.29 is 4.74 Å². The van der Waals surface area contributed by atoms with E-state index < -0.39 is 0 Å². The summed E-state index contributed by atoms with van der Waals surface area (Å²) in [7, 11) is 0. The molecule has 1 aliphatic heterocycles. The van der Waals surface area contributed by atoms with Crippen molar-refractivity contribution in [2.45, 2.75) is 72.1 Å². The number of unbranched alkanes of at least 4 members (excludes halogenated alkanes) is 1. The summed E-state index contributed by atoms with van der Waals surface area (Å²) in [5, 5.41) is 6.82. The number of hydrogen-bond donors (Lipinski definition) is 0. The fraction of sp³-hybridized carbons (Fsp3) is 0.923. The van der Waals surface area contributed by atoms with Crippen molar-refractivity contribution in [3.8, 4) is 0 Å². The van der Waals surface area contributed by atoms with Crippen molar-refractivity contribution in [1.29, 1.82) is 0 Å². The first-order valence-corrected chi connectivity index (χ1v) is 6.47. The highest BCUT2D eigenvalue weighted by Gasteiger charge is 2.30. The number of rotatable bonds is 4. The van der Waals surface area contributed by atoms with Crippen LogP contribution in [-0.2, 0) is 4.74 Å². The minimum absolute atomic E-state index is 0.0881. The molecule has 0 fully saturated rings. The van der Waals surface area contributed by atoms with Crippen molar-refractivity contribution >= 4 is 5.71 Å². The molecule has 3 heteroatoms. The molecule has 0 aliphatic carbocycles. The minimum atomic E-state index is -0.0881. The fourth-order valence-corrected chi connectivity index (χ4v) is 2.21. The van der Waals surface area contributed by atoms with Crippen LogP contribution in [0.15, 0.2) is 5.10 Å². The van der Waals surface area contributed by atoms with E-state index in [4.69, 9.17) is 4.74 Å². The van der Waals surface area contributed by atoms with Crippen molar-refractivity contribution in [2.75, 3.05) is 6.54 Å². The number of hydrazone groups is 1. The van der Waals surface area contributed by atoms with E-state index >= 15 is 0 Å². The Morgan fingerprint density at radius 2 is 2.12 bits per heavy atom. The molecule has 0 aromatic carbocycles. The molecule has 0 spiro atoms. The van der Waals surface area contributed by atoms with E-state index in [-0.39, 0.29) is 11.8 Å². The number of hydrogen-bond acceptors (Lipinski definition) is 3. The maximum atomic E-state index is 6.14. The number of ether oxygens (including phenoxy) is 1. The van der Waals surface area contributed by atoms with E-state index in [0.29, 0.717) is 0 Å². The molecular formula is C13H26N2O. The van der Waals surface area contributed by atoms with Crippen LogP contribution >= 0.6 is 0 Å². The number of nitrogens with zero attached hydrogens (tertiary/aromatic N) is 2. The van der Waals surface area contributed by atoms with Gasteiger partial charge < -0.3 is 4.74 Å². The van der Waals surface area contributed by atoms with Crippen LogP contribution in [0.3, 0.4) is 0 Å². The molecule has 0 aromatic rings. The Labute approximate surface area is 99.9 Å². The predicted molar refractivity (Wildman–Crippen MR) is 68.6 cm³/mol. The Balaban J connectivity index is 2.76. The van der Waals surface area contributed by atoms with Gasteiger partial charge in [-0.15, -0.1) is 0 Å². The van der Waals surface area contributed by atoms with Gasteiger partial charge in [0.05, 0.1) is 5.60 Å². The van der Waals surface area contributed by atoms with Crippen LogP contribution in [0.2, 0.25) is 0 Å². The molecule has 3 nitrogen and oxygen atoms in total. The van der Waals surface area contributed by atoms with Crippen LogP contribution < -0.4 is 0 Å². The largest absolute Gasteiger partial charge is 0.351 e. The summed E-state index contributed by atoms with van der Waals surface area (Å²) < 4.78 is 6.14. The van der Waals surface area contributed by atoms with Gasteiger partial charge in [-0.25, -0.2) is 0 Å². The lowest BCUT2D eigenvalue weighted by molar-refractivity contribution is -0.132. The van der Waals surface area contributed by atoms with Crippen LogP contribution in [0.5, 0.6) is 0 Å². The van der Waals surface area contributed by atoms with Gasteiger partial charge in [0.25, 0.3) is 0 Å². The maximum absolute atomic E-state index is 6.14. The molecule has 0 radical (unpaired) electrons. The third-order valence-electron chi connectivity index (χ3n) is 2.86. The molecule has 0 saturated carbocycles. The summed E-state index contributed by atoms with van der Waals surface area (Å²) >= 11 is 0. The third-order valence-corrected chi connectivity index (χ3v) is 2.86. The molecule has 0 aromatic heterocycles. The zero-order valence-electron chi connectivity index (χ0n) is 11.4. The molecule has 0 N–H and O–H groups in total. The summed E-state index contributed by atoms with van der Waals surface area (Å²) in [5.41, 5.74) is 1.09. The Bertz CT molecular complexity index is 248. The topological polar surface area (TPSA) is 24.8 Å². The molecule has 1 rings (SSSR count). The summed E-state index contributed by atoms with van der Waals surface area (Å²) in [5.74, 6) is 0. The molecule has 94 valence electrons. The second kappa shape index (κ2) is 5.67. The lowest BCUT2D eigenvalue weighted by atomic mass is 10.0. The highest BCUT2D eigenvalue weighted by atomic mass is 16.5. The van der Waals surface area contributed by atoms with Crippen LogP contribution in [0.25, 0.3) is 0 Å². The minimum Gasteiger partial charge on any atom is -0.351 e. The maximum Gasteiger partial charge on any atom is 0.146 e. The van der Waals surface area contributed by atoms with Gasteiger partial charge in [-0.1, -0.05) is 20.3 Å². The van der Waals surface area contributed by atoms with Gasteiger partial charge in [0.1, 0.15) is 6.23 Å². The van der Waals surface area contributed by atoms with Gasteiger partial charge >= 0.3 is 0 Å². The van der Waals surface area contributed by atoms with Gasteiger partial charge in [0.2, 0.25) is 0 Å². The van der Waals surface area contributed by atoms with E-state index in [1.165, 1.54) is 18.6 Å². The molecule has 1 aliphatic rings. The van der Waals surface area contributed by atoms with Gasteiger partial charge in [0.15, 0.2) is 0 Å². The molecule has 0 amide bonds. The van der Waals surface area contributed by atoms with Gasteiger partial charge in [-0.05, 0) is 33.6 Å². The molecule has 1 heterocycles. The van der Waals surface area contributed by atoms with E-state index in [2.05, 4.69) is 44.7 Å². The first kappa shape index (κ1) is 13.5. The molecular weight excluding hydrogens is 200 g/mol. The standard InChI is InChI=1S/C13H26N2O/c1-6-8-9-15-12(7-2)16-13(4,5)10-11(3)14-15/h12H,6-10H2,1-5H3. The third kappa shape index (κ3) is 3.78. The molecule has 0 bridgehead atoms. The second-order valence-electron chi connectivity index (χ2n) is 5.27. The smallest absolute Gasteiger partial charge is 0.146 e.